The highest BCUT2D eigenvalue weighted by molar-refractivity contribution is 5.76. The Morgan fingerprint density at radius 3 is 2.92 bits per heavy atom. The van der Waals surface area contributed by atoms with E-state index in [1.54, 1.807) is 19.1 Å². The van der Waals surface area contributed by atoms with Gasteiger partial charge in [-0.15, -0.1) is 8.78 Å². The molecule has 1 unspecified atom stereocenters. The van der Waals surface area contributed by atoms with E-state index < -0.39 is 6.29 Å². The fraction of sp³-hybridized carbons (Fsp3) is 0.350. The predicted molar refractivity (Wildman–Crippen MR) is 89.8 cm³/mol. The highest BCUT2D eigenvalue weighted by Gasteiger charge is 2.44. The molecule has 0 bridgehead atoms. The van der Waals surface area contributed by atoms with Crippen LogP contribution in [0.1, 0.15) is 42.4 Å². The molecule has 0 fully saturated rings. The lowest BCUT2D eigenvalue weighted by atomic mass is 9.96. The number of benzene rings is 2. The monoisotopic (exact) mass is 360 g/mol. The van der Waals surface area contributed by atoms with Crippen molar-refractivity contribution < 1.29 is 27.8 Å². The average Bonchev–Trinajstić information content (AvgIpc) is 3.11. The Hall–Kier alpha value is -2.63. The molecular formula is C20H18F2O4. The molecule has 1 aliphatic carbocycles. The van der Waals surface area contributed by atoms with E-state index in [9.17, 15) is 13.6 Å². The van der Waals surface area contributed by atoms with Gasteiger partial charge < -0.3 is 19.0 Å². The van der Waals surface area contributed by atoms with Crippen LogP contribution in [0.2, 0.25) is 0 Å². The minimum atomic E-state index is -3.64. The fourth-order valence-corrected chi connectivity index (χ4v) is 3.63. The molecule has 6 heteroatoms. The zero-order valence-corrected chi connectivity index (χ0v) is 14.3. The largest absolute Gasteiger partial charge is 0.586 e. The summed E-state index contributed by atoms with van der Waals surface area (Å²) in [6.45, 7) is 1.71. The predicted octanol–water partition coefficient (Wildman–Crippen LogP) is 4.60. The lowest BCUT2D eigenvalue weighted by Gasteiger charge is -2.12. The first-order chi connectivity index (χ1) is 12.4. The maximum absolute atomic E-state index is 13.2. The number of Topliss-reactive ketones (excluding diaryl/α,β-unsaturated/α-hetero) is 1. The molecule has 0 N–H and O–H groups in total. The lowest BCUT2D eigenvalue weighted by molar-refractivity contribution is -0.287. The van der Waals surface area contributed by atoms with Crippen LogP contribution in [0.15, 0.2) is 36.4 Å². The summed E-state index contributed by atoms with van der Waals surface area (Å²) in [7, 11) is 0. The molecule has 0 saturated heterocycles. The molecule has 2 aromatic carbocycles. The zero-order chi connectivity index (χ0) is 18.3. The molecule has 0 spiro atoms. The van der Waals surface area contributed by atoms with E-state index in [0.717, 1.165) is 12.8 Å². The summed E-state index contributed by atoms with van der Waals surface area (Å²) >= 11 is 0. The van der Waals surface area contributed by atoms with Crippen LogP contribution in [0, 0.1) is 0 Å². The molecule has 4 rings (SSSR count). The molecular weight excluding hydrogens is 342 g/mol. The average molecular weight is 360 g/mol. The molecule has 0 radical (unpaired) electrons. The van der Waals surface area contributed by atoms with Gasteiger partial charge in [-0.2, -0.15) is 0 Å². The Kier molecular flexibility index (Phi) is 4.05. The summed E-state index contributed by atoms with van der Waals surface area (Å²) in [5.41, 5.74) is 2.87. The number of halogens is 2. The molecule has 1 heterocycles. The Bertz CT molecular complexity index is 863. The lowest BCUT2D eigenvalue weighted by Crippen LogP contribution is -2.26. The fourth-order valence-electron chi connectivity index (χ4n) is 3.63. The van der Waals surface area contributed by atoms with Gasteiger partial charge in [-0.25, -0.2) is 0 Å². The maximum Gasteiger partial charge on any atom is 0.586 e. The summed E-state index contributed by atoms with van der Waals surface area (Å²) in [6.07, 6.45) is -1.20. The van der Waals surface area contributed by atoms with Crippen LogP contribution in [-0.2, 0) is 17.8 Å². The van der Waals surface area contributed by atoms with Crippen molar-refractivity contribution in [1.82, 2.24) is 0 Å². The van der Waals surface area contributed by atoms with Crippen LogP contribution in [-0.4, -0.2) is 12.1 Å². The van der Waals surface area contributed by atoms with E-state index in [0.29, 0.717) is 17.7 Å². The summed E-state index contributed by atoms with van der Waals surface area (Å²) in [4.78, 5) is 11.4. The van der Waals surface area contributed by atoms with Crippen LogP contribution in [0.3, 0.4) is 0 Å². The van der Waals surface area contributed by atoms with Crippen molar-refractivity contribution in [2.24, 2.45) is 0 Å². The van der Waals surface area contributed by atoms with Gasteiger partial charge in [0.15, 0.2) is 11.5 Å². The summed E-state index contributed by atoms with van der Waals surface area (Å²) in [5, 5.41) is 0. The highest BCUT2D eigenvalue weighted by atomic mass is 19.3. The van der Waals surface area contributed by atoms with Gasteiger partial charge in [0.05, 0.1) is 0 Å². The number of hydrogen-bond acceptors (Lipinski definition) is 4. The van der Waals surface area contributed by atoms with E-state index >= 15 is 0 Å². The molecule has 0 aromatic heterocycles. The quantitative estimate of drug-likeness (QED) is 0.782. The number of ketones is 1. The van der Waals surface area contributed by atoms with Gasteiger partial charge in [-0.05, 0) is 55.0 Å². The van der Waals surface area contributed by atoms with E-state index in [-0.39, 0.29) is 29.8 Å². The number of aryl methyl sites for hydroxylation is 1. The Morgan fingerprint density at radius 1 is 1.27 bits per heavy atom. The smallest absolute Gasteiger partial charge is 0.489 e. The number of para-hydroxylation sites is 1. The topological polar surface area (TPSA) is 44.8 Å². The number of fused-ring (bicyclic) bond motifs is 2. The summed E-state index contributed by atoms with van der Waals surface area (Å²) < 4.78 is 41.3. The molecule has 1 atom stereocenters. The standard InChI is InChI=1S/C20H18F2O4/c1-12(23)9-13-5-6-14-10-16(7-8-17(13)14)24-11-15-3-2-4-18-19(15)26-20(21,22)25-18/h2-4,7-8,10,13H,5-6,9,11H2,1H3. The second-order valence-corrected chi connectivity index (χ2v) is 6.70. The van der Waals surface area contributed by atoms with Crippen molar-refractivity contribution in [3.8, 4) is 17.2 Å². The minimum Gasteiger partial charge on any atom is -0.489 e. The first-order valence-corrected chi connectivity index (χ1v) is 8.54. The number of carbonyl (C=O) groups is 1. The van der Waals surface area contributed by atoms with Gasteiger partial charge in [-0.3, -0.25) is 0 Å². The third-order valence-corrected chi connectivity index (χ3v) is 4.75. The Labute approximate surface area is 149 Å². The van der Waals surface area contributed by atoms with Crippen molar-refractivity contribution in [3.05, 3.63) is 53.1 Å². The van der Waals surface area contributed by atoms with Gasteiger partial charge in [0.1, 0.15) is 18.1 Å². The molecule has 136 valence electrons. The second-order valence-electron chi connectivity index (χ2n) is 6.70. The number of carbonyl (C=O) groups excluding carboxylic acids is 1. The molecule has 1 aliphatic heterocycles. The van der Waals surface area contributed by atoms with Crippen LogP contribution < -0.4 is 14.2 Å². The van der Waals surface area contributed by atoms with Crippen molar-refractivity contribution in [3.63, 3.8) is 0 Å². The molecule has 2 aliphatic rings. The minimum absolute atomic E-state index is 0.0112. The van der Waals surface area contributed by atoms with Crippen molar-refractivity contribution in [2.45, 2.75) is 45.0 Å². The zero-order valence-electron chi connectivity index (χ0n) is 14.3. The van der Waals surface area contributed by atoms with Crippen LogP contribution in [0.5, 0.6) is 17.2 Å². The van der Waals surface area contributed by atoms with E-state index in [4.69, 9.17) is 4.74 Å². The summed E-state index contributed by atoms with van der Waals surface area (Å²) in [6, 6.07) is 10.5. The molecule has 2 aromatic rings. The van der Waals surface area contributed by atoms with Gasteiger partial charge in [-0.1, -0.05) is 18.2 Å². The van der Waals surface area contributed by atoms with Crippen molar-refractivity contribution in [1.29, 1.82) is 0 Å². The van der Waals surface area contributed by atoms with Gasteiger partial charge in [0, 0.05) is 12.0 Å². The van der Waals surface area contributed by atoms with Crippen LogP contribution in [0.25, 0.3) is 0 Å². The summed E-state index contributed by atoms with van der Waals surface area (Å²) in [5.74, 6) is 1.16. The van der Waals surface area contributed by atoms with Gasteiger partial charge in [0.25, 0.3) is 0 Å². The highest BCUT2D eigenvalue weighted by Crippen LogP contribution is 2.43. The number of alkyl halides is 2. The van der Waals surface area contributed by atoms with Crippen molar-refractivity contribution in [2.75, 3.05) is 0 Å². The maximum atomic E-state index is 13.2. The van der Waals surface area contributed by atoms with Gasteiger partial charge in [0.2, 0.25) is 0 Å². The van der Waals surface area contributed by atoms with Crippen LogP contribution in [0.4, 0.5) is 8.78 Å². The van der Waals surface area contributed by atoms with E-state index in [2.05, 4.69) is 9.47 Å². The first-order valence-electron chi connectivity index (χ1n) is 8.54. The van der Waals surface area contributed by atoms with E-state index in [1.807, 2.05) is 18.2 Å². The Balaban J connectivity index is 1.48. The SMILES string of the molecule is CC(=O)CC1CCc2cc(OCc3cccc4c3OC(F)(F)O4)ccc21. The molecule has 0 amide bonds. The third kappa shape index (κ3) is 3.23. The normalized spacial score (nSPS) is 19.3. The van der Waals surface area contributed by atoms with Gasteiger partial charge >= 0.3 is 6.29 Å². The van der Waals surface area contributed by atoms with Crippen molar-refractivity contribution >= 4 is 5.78 Å². The number of ether oxygens (including phenoxy) is 3. The number of hydrogen-bond donors (Lipinski definition) is 0. The molecule has 4 nitrogen and oxygen atoms in total. The molecule has 0 saturated carbocycles. The third-order valence-electron chi connectivity index (χ3n) is 4.75. The molecule has 26 heavy (non-hydrogen) atoms. The second kappa shape index (κ2) is 6.27. The first kappa shape index (κ1) is 16.8. The van der Waals surface area contributed by atoms with Crippen LogP contribution >= 0.6 is 0 Å². The Morgan fingerprint density at radius 2 is 2.12 bits per heavy atom. The van der Waals surface area contributed by atoms with E-state index in [1.165, 1.54) is 17.2 Å². The number of rotatable bonds is 5.